The van der Waals surface area contributed by atoms with Crippen molar-refractivity contribution in [3.63, 3.8) is 0 Å². The number of likely N-dealkylation sites (N-methyl/N-ethyl adjacent to an activating group) is 1. The van der Waals surface area contributed by atoms with Crippen LogP contribution in [0.5, 0.6) is 5.75 Å². The van der Waals surface area contributed by atoms with Crippen molar-refractivity contribution >= 4 is 17.6 Å². The minimum absolute atomic E-state index is 0.00600. The van der Waals surface area contributed by atoms with Crippen molar-refractivity contribution in [2.45, 2.75) is 12.2 Å². The Morgan fingerprint density at radius 3 is 2.43 bits per heavy atom. The predicted octanol–water partition coefficient (Wildman–Crippen LogP) is 3.71. The number of nitrogens with one attached hydrogen (secondary N) is 1. The lowest BCUT2D eigenvalue weighted by molar-refractivity contribution is -0.137. The van der Waals surface area contributed by atoms with E-state index in [1.165, 1.54) is 36.1 Å². The van der Waals surface area contributed by atoms with Crippen LogP contribution in [-0.4, -0.2) is 37.5 Å². The van der Waals surface area contributed by atoms with Crippen LogP contribution in [0.2, 0.25) is 0 Å². The predicted molar refractivity (Wildman–Crippen MR) is 103 cm³/mol. The van der Waals surface area contributed by atoms with Gasteiger partial charge in [0.25, 0.3) is 5.91 Å². The van der Waals surface area contributed by atoms with Crippen molar-refractivity contribution < 1.29 is 27.5 Å². The van der Waals surface area contributed by atoms with E-state index in [0.717, 1.165) is 12.1 Å². The number of halogens is 3. The van der Waals surface area contributed by atoms with Crippen molar-refractivity contribution in [1.82, 2.24) is 10.2 Å². The zero-order valence-electron chi connectivity index (χ0n) is 16.2. The summed E-state index contributed by atoms with van der Waals surface area (Å²) in [5.74, 6) is 0.174. The first-order valence-corrected chi connectivity index (χ1v) is 9.11. The number of ether oxygens (including phenoxy) is 1. The second kappa shape index (κ2) is 7.08. The normalized spacial score (nSPS) is 19.2. The number of amides is 3. The van der Waals surface area contributed by atoms with Gasteiger partial charge in [-0.15, -0.1) is 0 Å². The van der Waals surface area contributed by atoms with Crippen molar-refractivity contribution in [2.75, 3.05) is 25.6 Å². The Morgan fingerprint density at radius 1 is 1.10 bits per heavy atom. The summed E-state index contributed by atoms with van der Waals surface area (Å²) in [6, 6.07) is 10.4. The number of hydrogen-bond donors (Lipinski definition) is 1. The molecule has 4 rings (SSSR count). The van der Waals surface area contributed by atoms with Crippen LogP contribution >= 0.6 is 0 Å². The Labute approximate surface area is 170 Å². The molecule has 9 heteroatoms. The molecule has 1 N–H and O–H groups in total. The first-order chi connectivity index (χ1) is 14.2. The quantitative estimate of drug-likeness (QED) is 0.828. The minimum atomic E-state index is -4.52. The SMILES string of the molecule is COc1ccc([C@@H]2NC(=O)N(C)C3=C2C(=O)N(c2cccc(C(F)(F)F)c2)C3)cc1. The summed E-state index contributed by atoms with van der Waals surface area (Å²) in [4.78, 5) is 28.3. The second-order valence-corrected chi connectivity index (χ2v) is 7.01. The van der Waals surface area contributed by atoms with E-state index < -0.39 is 29.7 Å². The number of carbonyl (C=O) groups is 2. The molecule has 3 amide bonds. The van der Waals surface area contributed by atoms with Crippen LogP contribution in [-0.2, 0) is 11.0 Å². The van der Waals surface area contributed by atoms with Gasteiger partial charge < -0.3 is 15.0 Å². The van der Waals surface area contributed by atoms with Gasteiger partial charge in [-0.25, -0.2) is 4.79 Å². The number of benzene rings is 2. The van der Waals surface area contributed by atoms with E-state index in [4.69, 9.17) is 4.74 Å². The third-order valence-corrected chi connectivity index (χ3v) is 5.29. The fourth-order valence-corrected chi connectivity index (χ4v) is 3.67. The van der Waals surface area contributed by atoms with Gasteiger partial charge in [0.05, 0.1) is 36.5 Å². The summed E-state index contributed by atoms with van der Waals surface area (Å²) in [5.41, 5.74) is 0.746. The van der Waals surface area contributed by atoms with Crippen LogP contribution in [0.25, 0.3) is 0 Å². The average molecular weight is 417 g/mol. The van der Waals surface area contributed by atoms with E-state index >= 15 is 0 Å². The average Bonchev–Trinajstić information content (AvgIpc) is 3.08. The smallest absolute Gasteiger partial charge is 0.416 e. The number of nitrogens with zero attached hydrogens (tertiary/aromatic N) is 2. The summed E-state index contributed by atoms with van der Waals surface area (Å²) >= 11 is 0. The fourth-order valence-electron chi connectivity index (χ4n) is 3.67. The molecule has 156 valence electrons. The van der Waals surface area contributed by atoms with Crippen LogP contribution in [0, 0.1) is 0 Å². The van der Waals surface area contributed by atoms with Crippen LogP contribution in [0.3, 0.4) is 0 Å². The molecule has 0 aromatic heterocycles. The molecule has 2 aliphatic heterocycles. The number of methoxy groups -OCH3 is 1. The number of hydrogen-bond acceptors (Lipinski definition) is 3. The lowest BCUT2D eigenvalue weighted by atomic mass is 9.95. The molecule has 0 spiro atoms. The maximum Gasteiger partial charge on any atom is 0.416 e. The highest BCUT2D eigenvalue weighted by Gasteiger charge is 2.43. The molecule has 0 bridgehead atoms. The molecule has 2 aromatic rings. The second-order valence-electron chi connectivity index (χ2n) is 7.01. The maximum absolute atomic E-state index is 13.2. The van der Waals surface area contributed by atoms with E-state index in [2.05, 4.69) is 5.32 Å². The summed E-state index contributed by atoms with van der Waals surface area (Å²) in [6.07, 6.45) is -4.52. The van der Waals surface area contributed by atoms with Crippen LogP contribution in [0.15, 0.2) is 59.8 Å². The van der Waals surface area contributed by atoms with Crippen molar-refractivity contribution in [2.24, 2.45) is 0 Å². The van der Waals surface area contributed by atoms with E-state index in [0.29, 0.717) is 22.6 Å². The molecule has 0 fully saturated rings. The third kappa shape index (κ3) is 3.26. The van der Waals surface area contributed by atoms with Gasteiger partial charge in [0, 0.05) is 12.7 Å². The van der Waals surface area contributed by atoms with Gasteiger partial charge in [-0.3, -0.25) is 9.69 Å². The van der Waals surface area contributed by atoms with Crippen molar-refractivity contribution in [3.05, 3.63) is 70.9 Å². The standard InChI is InChI=1S/C21H18F3N3O3/c1-26-16-11-27(14-5-3-4-13(10-14)21(22,23)24)19(28)17(16)18(25-20(26)29)12-6-8-15(30-2)9-7-12/h3-10,18H,11H2,1-2H3,(H,25,29)/t18-/m0/s1. The molecule has 1 atom stereocenters. The third-order valence-electron chi connectivity index (χ3n) is 5.29. The molecule has 0 saturated heterocycles. The summed E-state index contributed by atoms with van der Waals surface area (Å²) in [5, 5.41) is 2.79. The number of carbonyl (C=O) groups excluding carboxylic acids is 2. The lowest BCUT2D eigenvalue weighted by Gasteiger charge is -2.31. The lowest BCUT2D eigenvalue weighted by Crippen LogP contribution is -2.45. The van der Waals surface area contributed by atoms with Crippen LogP contribution < -0.4 is 15.0 Å². The maximum atomic E-state index is 13.2. The Kier molecular flexibility index (Phi) is 4.68. The van der Waals surface area contributed by atoms with Gasteiger partial charge in [-0.1, -0.05) is 18.2 Å². The molecule has 2 aliphatic rings. The molecular formula is C21H18F3N3O3. The summed E-state index contributed by atoms with van der Waals surface area (Å²) < 4.78 is 44.5. The largest absolute Gasteiger partial charge is 0.497 e. The molecule has 6 nitrogen and oxygen atoms in total. The van der Waals surface area contributed by atoms with Gasteiger partial charge in [-0.05, 0) is 35.9 Å². The highest BCUT2D eigenvalue weighted by Crippen LogP contribution is 2.39. The highest BCUT2D eigenvalue weighted by molar-refractivity contribution is 6.11. The summed E-state index contributed by atoms with van der Waals surface area (Å²) in [7, 11) is 3.05. The van der Waals surface area contributed by atoms with E-state index in [1.807, 2.05) is 0 Å². The summed E-state index contributed by atoms with van der Waals surface area (Å²) in [6.45, 7) is 0.00600. The Balaban J connectivity index is 1.72. The molecule has 0 saturated carbocycles. The zero-order chi connectivity index (χ0) is 21.6. The van der Waals surface area contributed by atoms with Gasteiger partial charge in [0.2, 0.25) is 0 Å². The Bertz CT molecular complexity index is 1050. The Hall–Kier alpha value is -3.49. The van der Waals surface area contributed by atoms with E-state index in [9.17, 15) is 22.8 Å². The number of alkyl halides is 3. The van der Waals surface area contributed by atoms with Gasteiger partial charge in [0.1, 0.15) is 5.75 Å². The molecule has 30 heavy (non-hydrogen) atoms. The molecule has 2 aromatic carbocycles. The first kappa shape index (κ1) is 19.8. The Morgan fingerprint density at radius 2 is 1.80 bits per heavy atom. The molecule has 0 aliphatic carbocycles. The molecular weight excluding hydrogens is 399 g/mol. The molecule has 0 unspecified atom stereocenters. The zero-order valence-corrected chi connectivity index (χ0v) is 16.2. The number of urea groups is 1. The van der Waals surface area contributed by atoms with Crippen LogP contribution in [0.4, 0.5) is 23.7 Å². The van der Waals surface area contributed by atoms with E-state index in [1.54, 1.807) is 24.3 Å². The number of rotatable bonds is 3. The van der Waals surface area contributed by atoms with Gasteiger partial charge >= 0.3 is 12.2 Å². The van der Waals surface area contributed by atoms with Crippen LogP contribution in [0.1, 0.15) is 17.2 Å². The molecule has 2 heterocycles. The first-order valence-electron chi connectivity index (χ1n) is 9.11. The minimum Gasteiger partial charge on any atom is -0.497 e. The molecule has 0 radical (unpaired) electrons. The topological polar surface area (TPSA) is 61.9 Å². The van der Waals surface area contributed by atoms with Gasteiger partial charge in [-0.2, -0.15) is 13.2 Å². The van der Waals surface area contributed by atoms with E-state index in [-0.39, 0.29) is 12.2 Å². The highest BCUT2D eigenvalue weighted by atomic mass is 19.4. The number of anilines is 1. The van der Waals surface area contributed by atoms with Gasteiger partial charge in [0.15, 0.2) is 0 Å². The van der Waals surface area contributed by atoms with Crippen molar-refractivity contribution in [3.8, 4) is 5.75 Å². The van der Waals surface area contributed by atoms with Crippen molar-refractivity contribution in [1.29, 1.82) is 0 Å². The monoisotopic (exact) mass is 417 g/mol. The fraction of sp³-hybridized carbons (Fsp3) is 0.238.